The molecule has 0 aliphatic carbocycles. The molecule has 0 saturated carbocycles. The summed E-state index contributed by atoms with van der Waals surface area (Å²) < 4.78 is 16.6. The molecule has 1 aliphatic heterocycles. The quantitative estimate of drug-likeness (QED) is 0.671. The fourth-order valence-electron chi connectivity index (χ4n) is 2.88. The van der Waals surface area contributed by atoms with E-state index in [1.54, 1.807) is 13.3 Å². The predicted octanol–water partition coefficient (Wildman–Crippen LogP) is 4.72. The van der Waals surface area contributed by atoms with Crippen LogP contribution in [0.1, 0.15) is 19.4 Å². The van der Waals surface area contributed by atoms with E-state index in [1.165, 1.54) is 5.69 Å². The van der Waals surface area contributed by atoms with Crippen LogP contribution in [0, 0.1) is 0 Å². The molecule has 2 aromatic carbocycles. The molecule has 3 rings (SSSR count). The van der Waals surface area contributed by atoms with Gasteiger partial charge in [-0.2, -0.15) is 0 Å². The lowest BCUT2D eigenvalue weighted by Crippen LogP contribution is -2.36. The maximum atomic E-state index is 6.36. The lowest BCUT2D eigenvalue weighted by atomic mass is 10.2. The topological polar surface area (TPSA) is 43.3 Å². The van der Waals surface area contributed by atoms with Crippen molar-refractivity contribution in [2.24, 2.45) is 4.99 Å². The van der Waals surface area contributed by atoms with Crippen LogP contribution in [0.25, 0.3) is 0 Å². The smallest absolute Gasteiger partial charge is 0.180 e. The van der Waals surface area contributed by atoms with Gasteiger partial charge in [0.25, 0.3) is 0 Å². The summed E-state index contributed by atoms with van der Waals surface area (Å²) in [6, 6.07) is 11.9. The summed E-state index contributed by atoms with van der Waals surface area (Å²) in [5.74, 6) is 1.15. The standard InChI is InChI=1S/C21H25ClN2O3/c1-15(2)27-21-19(22)12-16(13-20(21)25-3)14-23-17-4-6-18(7-5-17)24-8-10-26-11-9-24/h4-7,12-15H,8-11H2,1-3H3. The van der Waals surface area contributed by atoms with Crippen LogP contribution in [0.3, 0.4) is 0 Å². The zero-order chi connectivity index (χ0) is 19.2. The van der Waals surface area contributed by atoms with E-state index in [2.05, 4.69) is 22.0 Å². The number of benzene rings is 2. The molecule has 5 nitrogen and oxygen atoms in total. The number of morpholine rings is 1. The summed E-state index contributed by atoms with van der Waals surface area (Å²) in [5, 5.41) is 0.507. The van der Waals surface area contributed by atoms with E-state index in [-0.39, 0.29) is 6.10 Å². The van der Waals surface area contributed by atoms with Crippen molar-refractivity contribution >= 4 is 29.2 Å². The van der Waals surface area contributed by atoms with Crippen LogP contribution in [0.4, 0.5) is 11.4 Å². The van der Waals surface area contributed by atoms with Gasteiger partial charge in [-0.3, -0.25) is 4.99 Å². The molecule has 0 bridgehead atoms. The van der Waals surface area contributed by atoms with Crippen LogP contribution < -0.4 is 14.4 Å². The maximum absolute atomic E-state index is 6.36. The molecule has 1 aliphatic rings. The Morgan fingerprint density at radius 3 is 2.48 bits per heavy atom. The van der Waals surface area contributed by atoms with Crippen molar-refractivity contribution in [3.05, 3.63) is 47.0 Å². The minimum Gasteiger partial charge on any atom is -0.493 e. The zero-order valence-corrected chi connectivity index (χ0v) is 16.7. The lowest BCUT2D eigenvalue weighted by molar-refractivity contribution is 0.122. The number of nitrogens with zero attached hydrogens (tertiary/aromatic N) is 2. The third kappa shape index (κ3) is 5.15. The normalized spacial score (nSPS) is 14.8. The van der Waals surface area contributed by atoms with Crippen LogP contribution in [0.2, 0.25) is 5.02 Å². The average molecular weight is 389 g/mol. The van der Waals surface area contributed by atoms with Gasteiger partial charge < -0.3 is 19.1 Å². The first-order chi connectivity index (χ1) is 13.1. The molecular weight excluding hydrogens is 364 g/mol. The first-order valence-electron chi connectivity index (χ1n) is 9.08. The van der Waals surface area contributed by atoms with Gasteiger partial charge in [0, 0.05) is 25.0 Å². The Balaban J connectivity index is 1.74. The van der Waals surface area contributed by atoms with Crippen molar-refractivity contribution in [1.29, 1.82) is 0 Å². The molecule has 0 amide bonds. The van der Waals surface area contributed by atoms with Crippen LogP contribution in [-0.4, -0.2) is 45.7 Å². The van der Waals surface area contributed by atoms with Crippen molar-refractivity contribution in [3.63, 3.8) is 0 Å². The van der Waals surface area contributed by atoms with E-state index < -0.39 is 0 Å². The van der Waals surface area contributed by atoms with Gasteiger partial charge in [-0.1, -0.05) is 11.6 Å². The number of anilines is 1. The van der Waals surface area contributed by atoms with Gasteiger partial charge in [0.2, 0.25) is 0 Å². The van der Waals surface area contributed by atoms with Crippen LogP contribution in [-0.2, 0) is 4.74 Å². The molecule has 6 heteroatoms. The number of hydrogen-bond donors (Lipinski definition) is 0. The Morgan fingerprint density at radius 1 is 1.15 bits per heavy atom. The van der Waals surface area contributed by atoms with Gasteiger partial charge >= 0.3 is 0 Å². The second-order valence-corrected chi connectivity index (χ2v) is 6.98. The Morgan fingerprint density at radius 2 is 1.85 bits per heavy atom. The highest BCUT2D eigenvalue weighted by Gasteiger charge is 2.13. The van der Waals surface area contributed by atoms with Gasteiger partial charge in [-0.15, -0.1) is 0 Å². The summed E-state index contributed by atoms with van der Waals surface area (Å²) in [6.45, 7) is 7.30. The average Bonchev–Trinajstić information content (AvgIpc) is 2.69. The molecule has 0 atom stereocenters. The number of aliphatic imine (C=N–C) groups is 1. The minimum atomic E-state index is 0.0147. The Kier molecular flexibility index (Phi) is 6.58. The summed E-state index contributed by atoms with van der Waals surface area (Å²) >= 11 is 6.36. The summed E-state index contributed by atoms with van der Waals surface area (Å²) in [4.78, 5) is 6.86. The zero-order valence-electron chi connectivity index (χ0n) is 15.9. The molecular formula is C21H25ClN2O3. The van der Waals surface area contributed by atoms with Crippen molar-refractivity contribution < 1.29 is 14.2 Å². The summed E-state index contributed by atoms with van der Waals surface area (Å²) in [5.41, 5.74) is 2.92. The number of halogens is 1. The number of rotatable bonds is 6. The van der Waals surface area contributed by atoms with Crippen molar-refractivity contribution in [2.45, 2.75) is 20.0 Å². The van der Waals surface area contributed by atoms with E-state index in [0.717, 1.165) is 37.6 Å². The van der Waals surface area contributed by atoms with Gasteiger partial charge in [0.05, 0.1) is 37.1 Å². The van der Waals surface area contributed by atoms with Gasteiger partial charge in [0.1, 0.15) is 0 Å². The summed E-state index contributed by atoms with van der Waals surface area (Å²) in [6.07, 6.45) is 1.79. The first kappa shape index (κ1) is 19.5. The van der Waals surface area contributed by atoms with E-state index in [1.807, 2.05) is 38.1 Å². The second kappa shape index (κ2) is 9.11. The Hall–Kier alpha value is -2.24. The highest BCUT2D eigenvalue weighted by atomic mass is 35.5. The van der Waals surface area contributed by atoms with Crippen molar-refractivity contribution in [1.82, 2.24) is 0 Å². The minimum absolute atomic E-state index is 0.0147. The largest absolute Gasteiger partial charge is 0.493 e. The van der Waals surface area contributed by atoms with E-state index >= 15 is 0 Å². The number of ether oxygens (including phenoxy) is 3. The van der Waals surface area contributed by atoms with Crippen LogP contribution in [0.15, 0.2) is 41.4 Å². The molecule has 27 heavy (non-hydrogen) atoms. The lowest BCUT2D eigenvalue weighted by Gasteiger charge is -2.28. The van der Waals surface area contributed by atoms with Crippen molar-refractivity contribution in [2.75, 3.05) is 38.3 Å². The molecule has 1 saturated heterocycles. The summed E-state index contributed by atoms with van der Waals surface area (Å²) in [7, 11) is 1.60. The van der Waals surface area contributed by atoms with Crippen LogP contribution in [0.5, 0.6) is 11.5 Å². The van der Waals surface area contributed by atoms with E-state index in [4.69, 9.17) is 25.8 Å². The second-order valence-electron chi connectivity index (χ2n) is 6.57. The molecule has 0 N–H and O–H groups in total. The number of hydrogen-bond acceptors (Lipinski definition) is 5. The van der Waals surface area contributed by atoms with Crippen LogP contribution >= 0.6 is 11.6 Å². The monoisotopic (exact) mass is 388 g/mol. The molecule has 0 radical (unpaired) electrons. The van der Waals surface area contributed by atoms with E-state index in [0.29, 0.717) is 16.5 Å². The predicted molar refractivity (Wildman–Crippen MR) is 110 cm³/mol. The molecule has 0 aromatic heterocycles. The van der Waals surface area contributed by atoms with Gasteiger partial charge in [-0.05, 0) is 55.8 Å². The highest BCUT2D eigenvalue weighted by Crippen LogP contribution is 2.36. The fraction of sp³-hybridized carbons (Fsp3) is 0.381. The molecule has 1 heterocycles. The Labute approximate surface area is 165 Å². The third-order valence-corrected chi connectivity index (χ3v) is 4.47. The highest BCUT2D eigenvalue weighted by molar-refractivity contribution is 6.32. The number of methoxy groups -OCH3 is 1. The fourth-order valence-corrected chi connectivity index (χ4v) is 3.15. The molecule has 144 valence electrons. The van der Waals surface area contributed by atoms with Gasteiger partial charge in [-0.25, -0.2) is 0 Å². The van der Waals surface area contributed by atoms with Gasteiger partial charge in [0.15, 0.2) is 11.5 Å². The first-order valence-corrected chi connectivity index (χ1v) is 9.45. The van der Waals surface area contributed by atoms with E-state index in [9.17, 15) is 0 Å². The Bertz CT molecular complexity index is 785. The van der Waals surface area contributed by atoms with Crippen molar-refractivity contribution in [3.8, 4) is 11.5 Å². The maximum Gasteiger partial charge on any atom is 0.180 e. The molecule has 0 spiro atoms. The molecule has 1 fully saturated rings. The third-order valence-electron chi connectivity index (χ3n) is 4.19. The SMILES string of the molecule is COc1cc(C=Nc2ccc(N3CCOCC3)cc2)cc(Cl)c1OC(C)C. The molecule has 2 aromatic rings. The molecule has 0 unspecified atom stereocenters.